The van der Waals surface area contributed by atoms with E-state index < -0.39 is 35.0 Å². The SMILES string of the molecule is CCOC(=O)C1=C(C(F)(F)F)N=c2s/c(=C\c3cc(Cl)c(OCc4ccccc4Cl)c(OC)c3)c(=O)n2[C@@H]1c1ccc(Cl)cc1. The van der Waals surface area contributed by atoms with Crippen LogP contribution in [0.2, 0.25) is 15.1 Å². The number of halogens is 6. The predicted octanol–water partition coefficient (Wildman–Crippen LogP) is 6.89. The van der Waals surface area contributed by atoms with Crippen molar-refractivity contribution < 1.29 is 32.2 Å². The molecule has 1 atom stereocenters. The summed E-state index contributed by atoms with van der Waals surface area (Å²) in [5.74, 6) is -0.766. The Hall–Kier alpha value is -3.77. The maximum Gasteiger partial charge on any atom is 0.434 e. The van der Waals surface area contributed by atoms with Crippen molar-refractivity contribution in [1.29, 1.82) is 0 Å². The van der Waals surface area contributed by atoms with E-state index in [1.807, 2.05) is 6.07 Å². The number of carbonyl (C=O) groups excluding carboxylic acids is 1. The molecule has 0 unspecified atom stereocenters. The molecule has 0 aliphatic carbocycles. The number of benzene rings is 3. The Balaban J connectivity index is 1.64. The van der Waals surface area contributed by atoms with Gasteiger partial charge >= 0.3 is 12.1 Å². The average Bonchev–Trinajstić information content (AvgIpc) is 3.30. The molecule has 3 aromatic carbocycles. The number of allylic oxidation sites excluding steroid dienone is 1. The number of carbonyl (C=O) groups is 1. The van der Waals surface area contributed by atoms with Crippen LogP contribution in [0.15, 0.2) is 81.7 Å². The molecule has 4 aromatic rings. The van der Waals surface area contributed by atoms with Crippen LogP contribution >= 0.6 is 46.1 Å². The fourth-order valence-corrected chi connectivity index (χ4v) is 6.27. The third-order valence-corrected chi connectivity index (χ3v) is 8.54. The third kappa shape index (κ3) is 6.76. The van der Waals surface area contributed by atoms with Gasteiger partial charge in [-0.15, -0.1) is 0 Å². The number of nitrogens with zero attached hydrogens (tertiary/aromatic N) is 2. The van der Waals surface area contributed by atoms with Gasteiger partial charge in [0.05, 0.1) is 34.9 Å². The molecule has 0 fully saturated rings. The summed E-state index contributed by atoms with van der Waals surface area (Å²) in [6.45, 7) is 1.37. The van der Waals surface area contributed by atoms with Crippen LogP contribution in [0.4, 0.5) is 13.2 Å². The molecular weight excluding hydrogens is 676 g/mol. The molecule has 0 bridgehead atoms. The number of ether oxygens (including phenoxy) is 3. The largest absolute Gasteiger partial charge is 0.493 e. The van der Waals surface area contributed by atoms with E-state index in [1.54, 1.807) is 24.3 Å². The first-order valence-corrected chi connectivity index (χ1v) is 15.2. The van der Waals surface area contributed by atoms with E-state index >= 15 is 0 Å². The number of methoxy groups -OCH3 is 1. The van der Waals surface area contributed by atoms with Crippen LogP contribution in [0, 0.1) is 0 Å². The molecule has 0 saturated carbocycles. The smallest absolute Gasteiger partial charge is 0.434 e. The first kappa shape index (κ1) is 32.6. The number of aromatic nitrogens is 1. The standard InChI is InChI=1S/C31H22Cl3F3N2O5S/c1-3-43-29(41)24-25(17-8-10-19(32)11-9-17)39-28(40)23(45-30(39)38-27(24)31(35,36)37)14-16-12-21(34)26(22(13-16)42-2)44-15-18-6-4-5-7-20(18)33/h4-14,25H,3,15H2,1-2H3/b23-14-/t25-/m1/s1. The molecule has 1 aliphatic rings. The van der Waals surface area contributed by atoms with Crippen LogP contribution in [-0.4, -0.2) is 30.4 Å². The van der Waals surface area contributed by atoms with Gasteiger partial charge in [0.15, 0.2) is 22.0 Å². The van der Waals surface area contributed by atoms with Gasteiger partial charge in [-0.1, -0.05) is 76.5 Å². The predicted molar refractivity (Wildman–Crippen MR) is 166 cm³/mol. The molecule has 0 amide bonds. The molecule has 1 aliphatic heterocycles. The topological polar surface area (TPSA) is 79.1 Å². The Labute approximate surface area is 273 Å². The molecule has 7 nitrogen and oxygen atoms in total. The minimum absolute atomic E-state index is 0.0298. The van der Waals surface area contributed by atoms with Crippen molar-refractivity contribution in [2.24, 2.45) is 4.99 Å². The summed E-state index contributed by atoms with van der Waals surface area (Å²) in [4.78, 5) is 30.3. The van der Waals surface area contributed by atoms with E-state index in [9.17, 15) is 22.8 Å². The van der Waals surface area contributed by atoms with Crippen molar-refractivity contribution in [3.63, 3.8) is 0 Å². The molecule has 0 spiro atoms. The fraction of sp³-hybridized carbons (Fsp3) is 0.194. The number of hydrogen-bond donors (Lipinski definition) is 0. The number of thiazole rings is 1. The molecule has 234 valence electrons. The second-order valence-corrected chi connectivity index (χ2v) is 11.8. The molecule has 45 heavy (non-hydrogen) atoms. The van der Waals surface area contributed by atoms with Gasteiger partial charge in [0.1, 0.15) is 6.61 Å². The van der Waals surface area contributed by atoms with Crippen LogP contribution in [0.5, 0.6) is 11.5 Å². The summed E-state index contributed by atoms with van der Waals surface area (Å²) in [5.41, 5.74) is -1.62. The Morgan fingerprint density at radius 2 is 1.78 bits per heavy atom. The normalized spacial score (nSPS) is 15.0. The van der Waals surface area contributed by atoms with Gasteiger partial charge in [0.2, 0.25) is 0 Å². The number of fused-ring (bicyclic) bond motifs is 1. The van der Waals surface area contributed by atoms with Crippen LogP contribution in [0.3, 0.4) is 0 Å². The van der Waals surface area contributed by atoms with E-state index in [1.165, 1.54) is 50.4 Å². The summed E-state index contributed by atoms with van der Waals surface area (Å²) in [6, 6.07) is 14.5. The van der Waals surface area contributed by atoms with Crippen molar-refractivity contribution in [3.8, 4) is 11.5 Å². The van der Waals surface area contributed by atoms with Crippen molar-refractivity contribution in [2.75, 3.05) is 13.7 Å². The van der Waals surface area contributed by atoms with Gasteiger partial charge in [-0.25, -0.2) is 9.79 Å². The minimum atomic E-state index is -5.03. The van der Waals surface area contributed by atoms with Crippen LogP contribution in [-0.2, 0) is 16.1 Å². The second kappa shape index (κ2) is 13.3. The number of esters is 1. The molecule has 0 saturated heterocycles. The lowest BCUT2D eigenvalue weighted by Crippen LogP contribution is -2.41. The van der Waals surface area contributed by atoms with Gasteiger partial charge in [-0.2, -0.15) is 13.2 Å². The Morgan fingerprint density at radius 1 is 1.07 bits per heavy atom. The van der Waals surface area contributed by atoms with E-state index in [4.69, 9.17) is 49.0 Å². The lowest BCUT2D eigenvalue weighted by Gasteiger charge is -2.26. The highest BCUT2D eigenvalue weighted by atomic mass is 35.5. The number of hydrogen-bond acceptors (Lipinski definition) is 7. The summed E-state index contributed by atoms with van der Waals surface area (Å²) in [6.07, 6.45) is -3.58. The van der Waals surface area contributed by atoms with Gasteiger partial charge in [0.25, 0.3) is 5.56 Å². The van der Waals surface area contributed by atoms with E-state index in [2.05, 4.69) is 4.99 Å². The zero-order valence-electron chi connectivity index (χ0n) is 23.5. The summed E-state index contributed by atoms with van der Waals surface area (Å²) < 4.78 is 60.4. The van der Waals surface area contributed by atoms with Crippen molar-refractivity contribution in [3.05, 3.63) is 123 Å². The molecule has 14 heteroatoms. The maximum atomic E-state index is 14.3. The van der Waals surface area contributed by atoms with E-state index in [-0.39, 0.29) is 44.6 Å². The highest BCUT2D eigenvalue weighted by Gasteiger charge is 2.45. The molecule has 1 aromatic heterocycles. The summed E-state index contributed by atoms with van der Waals surface area (Å²) >= 11 is 19.5. The van der Waals surface area contributed by atoms with Crippen molar-refractivity contribution in [1.82, 2.24) is 4.57 Å². The van der Waals surface area contributed by atoms with E-state index in [0.29, 0.717) is 15.6 Å². The van der Waals surface area contributed by atoms with Crippen LogP contribution in [0.25, 0.3) is 6.08 Å². The maximum absolute atomic E-state index is 14.3. The average molecular weight is 698 g/mol. The summed E-state index contributed by atoms with van der Waals surface area (Å²) in [5, 5.41) is 0.980. The van der Waals surface area contributed by atoms with Crippen molar-refractivity contribution >= 4 is 58.2 Å². The minimum Gasteiger partial charge on any atom is -0.493 e. The fourth-order valence-electron chi connectivity index (χ4n) is 4.68. The molecule has 5 rings (SSSR count). The number of alkyl halides is 3. The van der Waals surface area contributed by atoms with E-state index in [0.717, 1.165) is 21.5 Å². The summed E-state index contributed by atoms with van der Waals surface area (Å²) in [7, 11) is 1.41. The third-order valence-electron chi connectivity index (χ3n) is 6.66. The molecule has 0 radical (unpaired) electrons. The zero-order chi connectivity index (χ0) is 32.5. The lowest BCUT2D eigenvalue weighted by molar-refractivity contribution is -0.140. The zero-order valence-corrected chi connectivity index (χ0v) is 26.5. The first-order chi connectivity index (χ1) is 21.4. The highest BCUT2D eigenvalue weighted by molar-refractivity contribution is 7.07. The molecule has 0 N–H and O–H groups in total. The van der Waals surface area contributed by atoms with Gasteiger partial charge in [-0.3, -0.25) is 9.36 Å². The van der Waals surface area contributed by atoms with Crippen molar-refractivity contribution in [2.45, 2.75) is 25.7 Å². The van der Waals surface area contributed by atoms with Crippen LogP contribution < -0.4 is 24.4 Å². The molecular formula is C31H22Cl3F3N2O5S. The number of rotatable bonds is 8. The van der Waals surface area contributed by atoms with Gasteiger partial charge in [-0.05, 0) is 54.5 Å². The highest BCUT2D eigenvalue weighted by Crippen LogP contribution is 2.39. The lowest BCUT2D eigenvalue weighted by atomic mass is 9.95. The Kier molecular flexibility index (Phi) is 9.64. The monoisotopic (exact) mass is 696 g/mol. The Morgan fingerprint density at radius 3 is 2.42 bits per heavy atom. The quantitative estimate of drug-likeness (QED) is 0.188. The second-order valence-electron chi connectivity index (χ2n) is 9.53. The van der Waals surface area contributed by atoms with Crippen LogP contribution in [0.1, 0.15) is 29.7 Å². The first-order valence-electron chi connectivity index (χ1n) is 13.2. The van der Waals surface area contributed by atoms with Gasteiger partial charge < -0.3 is 14.2 Å². The molecule has 2 heterocycles. The van der Waals surface area contributed by atoms with Gasteiger partial charge in [0, 0.05) is 15.6 Å². The Bertz CT molecular complexity index is 1990.